The monoisotopic (exact) mass is 303 g/mol. The maximum atomic E-state index is 10.1. The van der Waals surface area contributed by atoms with Gasteiger partial charge in [0, 0.05) is 24.8 Å². The van der Waals surface area contributed by atoms with Crippen molar-refractivity contribution in [3.05, 3.63) is 0 Å². The number of quaternary nitrogens is 3. The summed E-state index contributed by atoms with van der Waals surface area (Å²) in [6.45, 7) is 0. The fraction of sp³-hybridized carbons (Fsp3) is 0.429. The van der Waals surface area contributed by atoms with Crippen LogP contribution in [0.2, 0.25) is 0 Å². The van der Waals surface area contributed by atoms with Gasteiger partial charge >= 0.3 is 6.03 Å². The van der Waals surface area contributed by atoms with E-state index in [4.69, 9.17) is 9.90 Å². The van der Waals surface area contributed by atoms with Crippen molar-refractivity contribution >= 4 is 23.9 Å². The lowest BCUT2D eigenvalue weighted by atomic mass is 9.96. The molecule has 0 radical (unpaired) electrons. The number of carboxylic acids is 3. The molecule has 0 aliphatic carbocycles. The minimum Gasteiger partial charge on any atom is -0.550 e. The summed E-state index contributed by atoms with van der Waals surface area (Å²) in [5.41, 5.74) is 5.53. The van der Waals surface area contributed by atoms with Crippen LogP contribution in [0.3, 0.4) is 0 Å². The van der Waals surface area contributed by atoms with Crippen LogP contribution in [-0.4, -0.2) is 34.6 Å². The predicted molar refractivity (Wildman–Crippen MR) is 60.9 cm³/mol. The number of carbonyl (C=O) groups is 4. The van der Waals surface area contributed by atoms with Gasteiger partial charge in [0.2, 0.25) is 0 Å². The Morgan fingerprint density at radius 3 is 1.15 bits per heavy atom. The Hall–Kier alpha value is -2.48. The van der Waals surface area contributed by atoms with E-state index in [-0.39, 0.29) is 18.5 Å². The molecule has 2 amide bonds. The fourth-order valence-electron chi connectivity index (χ4n) is 0.684. The molecule has 122 valence electrons. The van der Waals surface area contributed by atoms with Crippen LogP contribution in [0.1, 0.15) is 12.8 Å². The number of aliphatic carboxylic acids is 3. The van der Waals surface area contributed by atoms with Crippen molar-refractivity contribution in [3.8, 4) is 0 Å². The molecule has 0 aliphatic rings. The van der Waals surface area contributed by atoms with Gasteiger partial charge in [-0.3, -0.25) is 0 Å². The minimum absolute atomic E-state index is 0. The topological polar surface area (TPSA) is 319 Å². The number of urea groups is 1. The van der Waals surface area contributed by atoms with Gasteiger partial charge in [0.05, 0.1) is 5.97 Å². The summed E-state index contributed by atoms with van der Waals surface area (Å²) >= 11 is 0. The molecule has 0 heterocycles. The SMILES string of the molecule is NC(N)=O.O=C([O-])CC(O)(CC(=O)[O-])C(=O)[O-].[NH4+].[NH4+].[NH4+]. The third-order valence-corrected chi connectivity index (χ3v) is 1.25. The summed E-state index contributed by atoms with van der Waals surface area (Å²) < 4.78 is 0. The van der Waals surface area contributed by atoms with E-state index in [1.807, 2.05) is 0 Å². The molecular weight excluding hydrogens is 282 g/mol. The number of aliphatic hydroxyl groups is 1. The molecule has 0 atom stereocenters. The van der Waals surface area contributed by atoms with Crippen LogP contribution < -0.4 is 45.2 Å². The molecule has 0 bridgehead atoms. The van der Waals surface area contributed by atoms with Crippen molar-refractivity contribution in [2.75, 3.05) is 0 Å². The summed E-state index contributed by atoms with van der Waals surface area (Å²) in [7, 11) is 0. The molecule has 20 heavy (non-hydrogen) atoms. The smallest absolute Gasteiger partial charge is 0.309 e. The molecule has 13 nitrogen and oxygen atoms in total. The van der Waals surface area contributed by atoms with Crippen molar-refractivity contribution in [2.24, 2.45) is 11.5 Å². The number of carboxylic acid groups (broad SMARTS) is 3. The Balaban J connectivity index is -0.0000000951. The van der Waals surface area contributed by atoms with Gasteiger partial charge in [-0.15, -0.1) is 0 Å². The maximum absolute atomic E-state index is 10.1. The molecule has 0 saturated heterocycles. The van der Waals surface area contributed by atoms with E-state index in [9.17, 15) is 29.7 Å². The maximum Gasteiger partial charge on any atom is 0.309 e. The molecular formula is C7H21N5O8. The van der Waals surface area contributed by atoms with Crippen molar-refractivity contribution in [2.45, 2.75) is 18.4 Å². The van der Waals surface area contributed by atoms with Crippen molar-refractivity contribution in [1.82, 2.24) is 18.5 Å². The molecule has 0 spiro atoms. The van der Waals surface area contributed by atoms with Gasteiger partial charge in [-0.25, -0.2) is 4.79 Å². The van der Waals surface area contributed by atoms with Gasteiger partial charge in [0.1, 0.15) is 5.60 Å². The zero-order valence-corrected chi connectivity index (χ0v) is 11.4. The highest BCUT2D eigenvalue weighted by Gasteiger charge is 2.29. The molecule has 0 aliphatic heterocycles. The lowest BCUT2D eigenvalue weighted by Crippen LogP contribution is -2.54. The number of hydrogen-bond donors (Lipinski definition) is 6. The second kappa shape index (κ2) is 13.0. The van der Waals surface area contributed by atoms with Gasteiger partial charge < -0.3 is 64.7 Å². The number of hydrogen-bond acceptors (Lipinski definition) is 8. The Kier molecular flexibility index (Phi) is 19.8. The van der Waals surface area contributed by atoms with E-state index in [1.54, 1.807) is 0 Å². The van der Waals surface area contributed by atoms with Crippen LogP contribution in [0.15, 0.2) is 0 Å². The first kappa shape index (κ1) is 30.5. The summed E-state index contributed by atoms with van der Waals surface area (Å²) in [6, 6.07) is -0.833. The molecule has 0 aromatic rings. The van der Waals surface area contributed by atoms with E-state index in [1.165, 1.54) is 0 Å². The van der Waals surface area contributed by atoms with E-state index < -0.39 is 42.4 Å². The van der Waals surface area contributed by atoms with Crippen molar-refractivity contribution in [1.29, 1.82) is 0 Å². The molecule has 0 rings (SSSR count). The molecule has 13 heteroatoms. The molecule has 0 aromatic heterocycles. The van der Waals surface area contributed by atoms with Gasteiger partial charge in [0.25, 0.3) is 0 Å². The molecule has 0 fully saturated rings. The second-order valence-corrected chi connectivity index (χ2v) is 2.82. The first-order valence-electron chi connectivity index (χ1n) is 3.89. The quantitative estimate of drug-likeness (QED) is 0.284. The summed E-state index contributed by atoms with van der Waals surface area (Å²) in [5.74, 6) is -5.98. The second-order valence-electron chi connectivity index (χ2n) is 2.82. The highest BCUT2D eigenvalue weighted by molar-refractivity contribution is 5.86. The number of amides is 2. The number of primary amides is 2. The van der Waals surface area contributed by atoms with Gasteiger partial charge in [-0.2, -0.15) is 0 Å². The first-order valence-corrected chi connectivity index (χ1v) is 3.89. The summed E-state index contributed by atoms with van der Waals surface area (Å²) in [5, 5.41) is 38.9. The van der Waals surface area contributed by atoms with Crippen LogP contribution in [0.25, 0.3) is 0 Å². The molecule has 0 unspecified atom stereocenters. The normalized spacial score (nSPS) is 8.25. The Bertz CT molecular complexity index is 313. The zero-order valence-electron chi connectivity index (χ0n) is 11.4. The van der Waals surface area contributed by atoms with E-state index in [2.05, 4.69) is 11.5 Å². The molecule has 0 saturated carbocycles. The summed E-state index contributed by atoms with van der Waals surface area (Å²) in [6.07, 6.45) is -2.72. The minimum atomic E-state index is -2.97. The Morgan fingerprint density at radius 1 is 0.850 bits per heavy atom. The Morgan fingerprint density at radius 2 is 1.05 bits per heavy atom. The van der Waals surface area contributed by atoms with E-state index in [0.29, 0.717) is 0 Å². The highest BCUT2D eigenvalue weighted by Crippen LogP contribution is 2.13. The highest BCUT2D eigenvalue weighted by atomic mass is 16.4. The number of rotatable bonds is 5. The summed E-state index contributed by atoms with van der Waals surface area (Å²) in [4.78, 5) is 39.0. The van der Waals surface area contributed by atoms with Crippen molar-refractivity contribution in [3.63, 3.8) is 0 Å². The predicted octanol–water partition coefficient (Wildman–Crippen LogP) is -5.10. The molecule has 17 N–H and O–H groups in total. The molecule has 0 aromatic carbocycles. The van der Waals surface area contributed by atoms with Gasteiger partial charge in [-0.05, 0) is 0 Å². The fourth-order valence-corrected chi connectivity index (χ4v) is 0.684. The van der Waals surface area contributed by atoms with E-state index >= 15 is 0 Å². The van der Waals surface area contributed by atoms with Crippen LogP contribution in [0.4, 0.5) is 4.79 Å². The van der Waals surface area contributed by atoms with Crippen LogP contribution in [0, 0.1) is 0 Å². The average Bonchev–Trinajstić information content (AvgIpc) is 1.98. The zero-order chi connectivity index (χ0) is 14.2. The van der Waals surface area contributed by atoms with Gasteiger partial charge in [0.15, 0.2) is 0 Å². The number of nitrogens with two attached hydrogens (primary N) is 2. The first-order chi connectivity index (χ1) is 7.51. The lowest BCUT2D eigenvalue weighted by Gasteiger charge is -2.29. The lowest BCUT2D eigenvalue weighted by molar-refractivity contribution is -0.339. The average molecular weight is 303 g/mol. The third-order valence-electron chi connectivity index (χ3n) is 1.25. The van der Waals surface area contributed by atoms with E-state index in [0.717, 1.165) is 0 Å². The standard InChI is InChI=1S/C6H8O7.CH4N2O.3H3N/c7-3(8)1-6(13,5(11)12)2-4(9)10;2-1(3)4;;;/h13H,1-2H2,(H,7,8)(H,9,10)(H,11,12);(H4,2,3,4);3*1H3. The third kappa shape index (κ3) is 17.9. The number of carbonyl (C=O) groups excluding carboxylic acids is 4. The van der Waals surface area contributed by atoms with Crippen LogP contribution in [-0.2, 0) is 14.4 Å². The largest absolute Gasteiger partial charge is 0.550 e. The van der Waals surface area contributed by atoms with Gasteiger partial charge in [-0.1, -0.05) is 0 Å². The van der Waals surface area contributed by atoms with Crippen LogP contribution >= 0.6 is 0 Å². The van der Waals surface area contributed by atoms with Crippen molar-refractivity contribution < 1.29 is 39.6 Å². The Labute approximate surface area is 113 Å². The van der Waals surface area contributed by atoms with Crippen LogP contribution in [0.5, 0.6) is 0 Å².